The van der Waals surface area contributed by atoms with E-state index in [1.54, 1.807) is 6.08 Å². The van der Waals surface area contributed by atoms with Crippen molar-refractivity contribution in [2.45, 2.75) is 25.3 Å². The average molecular weight is 223 g/mol. The van der Waals surface area contributed by atoms with Crippen LogP contribution in [0.5, 0.6) is 0 Å². The van der Waals surface area contributed by atoms with Crippen molar-refractivity contribution < 1.29 is 4.39 Å². The van der Waals surface area contributed by atoms with Crippen molar-refractivity contribution in [1.82, 2.24) is 9.80 Å². The highest BCUT2D eigenvalue weighted by atomic mass is 19.1. The van der Waals surface area contributed by atoms with E-state index in [0.717, 1.165) is 38.0 Å². The SMILES string of the molecule is CN(C)C1CCN(C2=CC[CH]C=C2F)CC1. The first kappa shape index (κ1) is 11.6. The van der Waals surface area contributed by atoms with Gasteiger partial charge >= 0.3 is 0 Å². The predicted molar refractivity (Wildman–Crippen MR) is 64.5 cm³/mol. The van der Waals surface area contributed by atoms with Crippen molar-refractivity contribution in [3.8, 4) is 0 Å². The first-order valence-electron chi connectivity index (χ1n) is 5.99. The normalized spacial score (nSPS) is 23.4. The lowest BCUT2D eigenvalue weighted by molar-refractivity contribution is 0.169. The molecule has 0 atom stereocenters. The molecule has 1 saturated heterocycles. The molecule has 1 aliphatic carbocycles. The zero-order valence-electron chi connectivity index (χ0n) is 10.1. The zero-order valence-corrected chi connectivity index (χ0v) is 10.1. The maximum Gasteiger partial charge on any atom is 0.142 e. The fraction of sp³-hybridized carbons (Fsp3) is 0.615. The smallest absolute Gasteiger partial charge is 0.142 e. The highest BCUT2D eigenvalue weighted by molar-refractivity contribution is 5.31. The summed E-state index contributed by atoms with van der Waals surface area (Å²) in [6.45, 7) is 1.94. The second-order valence-corrected chi connectivity index (χ2v) is 4.76. The third-order valence-corrected chi connectivity index (χ3v) is 3.49. The van der Waals surface area contributed by atoms with Gasteiger partial charge in [-0.1, -0.05) is 6.08 Å². The van der Waals surface area contributed by atoms with Crippen molar-refractivity contribution in [3.05, 3.63) is 30.1 Å². The Bertz CT molecular complexity index is 299. The maximum atomic E-state index is 13.6. The monoisotopic (exact) mass is 223 g/mol. The van der Waals surface area contributed by atoms with Crippen LogP contribution in [-0.4, -0.2) is 43.0 Å². The summed E-state index contributed by atoms with van der Waals surface area (Å²) in [7, 11) is 4.24. The predicted octanol–water partition coefficient (Wildman–Crippen LogP) is 2.36. The van der Waals surface area contributed by atoms with Gasteiger partial charge in [0.05, 0.1) is 5.70 Å². The van der Waals surface area contributed by atoms with Crippen LogP contribution >= 0.6 is 0 Å². The second-order valence-electron chi connectivity index (χ2n) is 4.76. The van der Waals surface area contributed by atoms with Gasteiger partial charge in [-0.15, -0.1) is 0 Å². The molecule has 0 saturated carbocycles. The van der Waals surface area contributed by atoms with Crippen LogP contribution in [0.25, 0.3) is 0 Å². The standard InChI is InChI=1S/C13H20FN2/c1-15(2)11-7-9-16(10-8-11)13-6-4-3-5-12(13)14/h3,5-6,11H,4,7-10H2,1-2H3. The number of hydrogen-bond acceptors (Lipinski definition) is 2. The largest absolute Gasteiger partial charge is 0.369 e. The van der Waals surface area contributed by atoms with Crippen molar-refractivity contribution in [3.63, 3.8) is 0 Å². The number of likely N-dealkylation sites (tertiary alicyclic amines) is 1. The Kier molecular flexibility index (Phi) is 3.64. The summed E-state index contributed by atoms with van der Waals surface area (Å²) in [5.41, 5.74) is 0.805. The average Bonchev–Trinajstić information content (AvgIpc) is 2.30. The Labute approximate surface area is 97.4 Å². The van der Waals surface area contributed by atoms with Crippen LogP contribution in [0.15, 0.2) is 23.7 Å². The number of piperidine rings is 1. The van der Waals surface area contributed by atoms with Gasteiger partial charge in [0.25, 0.3) is 0 Å². The highest BCUT2D eigenvalue weighted by Crippen LogP contribution is 2.26. The summed E-state index contributed by atoms with van der Waals surface area (Å²) in [6.07, 6.45) is 8.56. The Hall–Kier alpha value is -0.830. The third kappa shape index (κ3) is 2.46. The molecule has 0 amide bonds. The molecule has 0 spiro atoms. The maximum absolute atomic E-state index is 13.6. The number of hydrogen-bond donors (Lipinski definition) is 0. The van der Waals surface area contributed by atoms with E-state index in [4.69, 9.17) is 0 Å². The Morgan fingerprint density at radius 3 is 2.56 bits per heavy atom. The minimum atomic E-state index is -0.0745. The Morgan fingerprint density at radius 2 is 2.00 bits per heavy atom. The number of rotatable bonds is 2. The van der Waals surface area contributed by atoms with Gasteiger partial charge in [0.15, 0.2) is 0 Å². The van der Waals surface area contributed by atoms with Crippen molar-refractivity contribution in [1.29, 1.82) is 0 Å². The van der Waals surface area contributed by atoms with Gasteiger partial charge in [0.2, 0.25) is 0 Å². The van der Waals surface area contributed by atoms with Gasteiger partial charge in [-0.3, -0.25) is 0 Å². The quantitative estimate of drug-likeness (QED) is 0.709. The molecule has 0 bridgehead atoms. The molecule has 0 aromatic rings. The highest BCUT2D eigenvalue weighted by Gasteiger charge is 2.24. The van der Waals surface area contributed by atoms with Crippen LogP contribution in [0.3, 0.4) is 0 Å². The molecule has 89 valence electrons. The summed E-state index contributed by atoms with van der Waals surface area (Å²) in [4.78, 5) is 4.45. The van der Waals surface area contributed by atoms with E-state index in [9.17, 15) is 4.39 Å². The third-order valence-electron chi connectivity index (χ3n) is 3.49. The summed E-state index contributed by atoms with van der Waals surface area (Å²) < 4.78 is 13.6. The Balaban J connectivity index is 1.94. The van der Waals surface area contributed by atoms with Crippen molar-refractivity contribution >= 4 is 0 Å². The summed E-state index contributed by atoms with van der Waals surface area (Å²) in [5, 5.41) is 0. The molecule has 2 rings (SSSR count). The van der Waals surface area contributed by atoms with E-state index >= 15 is 0 Å². The van der Waals surface area contributed by atoms with E-state index in [1.807, 2.05) is 12.5 Å². The second kappa shape index (κ2) is 5.00. The molecule has 1 fully saturated rings. The number of halogens is 1. The number of allylic oxidation sites excluding steroid dienone is 3. The van der Waals surface area contributed by atoms with Crippen LogP contribution in [0.4, 0.5) is 4.39 Å². The first-order valence-corrected chi connectivity index (χ1v) is 5.99. The molecule has 1 heterocycles. The molecule has 0 aromatic heterocycles. The van der Waals surface area contributed by atoms with Crippen LogP contribution < -0.4 is 0 Å². The van der Waals surface area contributed by atoms with Gasteiger partial charge < -0.3 is 9.80 Å². The topological polar surface area (TPSA) is 6.48 Å². The van der Waals surface area contributed by atoms with Crippen LogP contribution in [0.2, 0.25) is 0 Å². The van der Waals surface area contributed by atoms with Gasteiger partial charge in [0, 0.05) is 19.1 Å². The van der Waals surface area contributed by atoms with Crippen LogP contribution in [-0.2, 0) is 0 Å². The number of nitrogens with zero attached hydrogens (tertiary/aromatic N) is 2. The first-order chi connectivity index (χ1) is 7.68. The van der Waals surface area contributed by atoms with Gasteiger partial charge in [-0.2, -0.15) is 0 Å². The lowest BCUT2D eigenvalue weighted by atomic mass is 10.0. The molecular formula is C13H20FN2. The minimum Gasteiger partial charge on any atom is -0.369 e. The molecule has 0 N–H and O–H groups in total. The molecule has 0 aromatic carbocycles. The van der Waals surface area contributed by atoms with E-state index in [2.05, 4.69) is 23.9 Å². The summed E-state index contributed by atoms with van der Waals surface area (Å²) in [6, 6.07) is 0.652. The lowest BCUT2D eigenvalue weighted by Crippen LogP contribution is -2.41. The molecule has 3 heteroatoms. The van der Waals surface area contributed by atoms with E-state index in [0.29, 0.717) is 6.04 Å². The minimum absolute atomic E-state index is 0.0745. The zero-order chi connectivity index (χ0) is 11.5. The fourth-order valence-corrected chi connectivity index (χ4v) is 2.44. The molecule has 1 aliphatic heterocycles. The fourth-order valence-electron chi connectivity index (χ4n) is 2.44. The summed E-state index contributed by atoms with van der Waals surface area (Å²) in [5.74, 6) is -0.0745. The van der Waals surface area contributed by atoms with E-state index < -0.39 is 0 Å². The van der Waals surface area contributed by atoms with Crippen LogP contribution in [0, 0.1) is 6.42 Å². The van der Waals surface area contributed by atoms with Gasteiger partial charge in [-0.25, -0.2) is 4.39 Å². The summed E-state index contributed by atoms with van der Waals surface area (Å²) >= 11 is 0. The van der Waals surface area contributed by atoms with E-state index in [-0.39, 0.29) is 5.83 Å². The molecule has 2 aliphatic rings. The van der Waals surface area contributed by atoms with Gasteiger partial charge in [0.1, 0.15) is 5.83 Å². The van der Waals surface area contributed by atoms with Crippen molar-refractivity contribution in [2.24, 2.45) is 0 Å². The van der Waals surface area contributed by atoms with Crippen molar-refractivity contribution in [2.75, 3.05) is 27.2 Å². The van der Waals surface area contributed by atoms with Gasteiger partial charge in [-0.05, 0) is 45.9 Å². The van der Waals surface area contributed by atoms with E-state index in [1.165, 1.54) is 0 Å². The molecule has 0 unspecified atom stereocenters. The molecule has 16 heavy (non-hydrogen) atoms. The van der Waals surface area contributed by atoms with Crippen LogP contribution in [0.1, 0.15) is 19.3 Å². The molecule has 1 radical (unpaired) electrons. The molecular weight excluding hydrogens is 203 g/mol. The lowest BCUT2D eigenvalue weighted by Gasteiger charge is -2.37. The molecule has 2 nitrogen and oxygen atoms in total. The Morgan fingerprint density at radius 1 is 1.31 bits per heavy atom.